The van der Waals surface area contributed by atoms with Gasteiger partial charge in [0.05, 0.1) is 17.7 Å². The van der Waals surface area contributed by atoms with Crippen molar-refractivity contribution in [2.45, 2.75) is 13.5 Å². The lowest BCUT2D eigenvalue weighted by Gasteiger charge is -2.15. The van der Waals surface area contributed by atoms with Crippen molar-refractivity contribution in [3.8, 4) is 0 Å². The maximum atomic E-state index is 11.6. The second-order valence-electron chi connectivity index (χ2n) is 3.99. The number of hydrogen-bond acceptors (Lipinski definition) is 5. The molecule has 0 saturated carbocycles. The van der Waals surface area contributed by atoms with E-state index in [1.165, 1.54) is 12.1 Å². The number of nitrogens with zero attached hydrogens (tertiary/aromatic N) is 2. The first kappa shape index (κ1) is 13.1. The molecule has 0 unspecified atom stereocenters. The Balaban J connectivity index is 2.35. The van der Waals surface area contributed by atoms with Crippen molar-refractivity contribution in [1.29, 1.82) is 0 Å². The zero-order chi connectivity index (χ0) is 14.2. The highest BCUT2D eigenvalue weighted by Gasteiger charge is 2.28. The Kier molecular flexibility index (Phi) is 3.06. The topological polar surface area (TPSA) is 113 Å². The quantitative estimate of drug-likeness (QED) is 0.633. The summed E-state index contributed by atoms with van der Waals surface area (Å²) in [4.78, 5) is 10.3. The lowest BCUT2D eigenvalue weighted by Crippen LogP contribution is -2.29. The molecule has 1 aromatic rings. The third kappa shape index (κ3) is 2.45. The van der Waals surface area contributed by atoms with E-state index in [9.17, 15) is 18.5 Å². The van der Waals surface area contributed by atoms with Gasteiger partial charge in [-0.3, -0.25) is 14.4 Å². The Morgan fingerprint density at radius 1 is 1.47 bits per heavy atom. The molecule has 9 heteroatoms. The third-order valence-electron chi connectivity index (χ3n) is 2.75. The number of rotatable bonds is 3. The van der Waals surface area contributed by atoms with Crippen LogP contribution in [-0.4, -0.2) is 22.8 Å². The molecule has 2 N–H and O–H groups in total. The summed E-state index contributed by atoms with van der Waals surface area (Å²) in [5.41, 5.74) is 0.809. The van der Waals surface area contributed by atoms with Crippen LogP contribution in [0, 0.1) is 17.0 Å². The van der Waals surface area contributed by atoms with Gasteiger partial charge in [-0.1, -0.05) is 12.1 Å². The Bertz CT molecular complexity index is 668. The summed E-state index contributed by atoms with van der Waals surface area (Å²) in [7, 11) is -3.81. The Hall–Kier alpha value is -2.29. The Morgan fingerprint density at radius 2 is 2.16 bits per heavy atom. The van der Waals surface area contributed by atoms with Crippen LogP contribution in [0.25, 0.3) is 0 Å². The molecule has 8 nitrogen and oxygen atoms in total. The number of aliphatic hydroxyl groups excluding tert-OH is 1. The Morgan fingerprint density at radius 3 is 2.68 bits per heavy atom. The monoisotopic (exact) mass is 285 g/mol. The molecule has 19 heavy (non-hydrogen) atoms. The van der Waals surface area contributed by atoms with E-state index in [0.717, 1.165) is 10.5 Å². The van der Waals surface area contributed by atoms with Crippen LogP contribution in [0.15, 0.2) is 30.3 Å². The zero-order valence-electron chi connectivity index (χ0n) is 9.90. The average molecular weight is 285 g/mol. The second kappa shape index (κ2) is 4.43. The van der Waals surface area contributed by atoms with E-state index in [1.54, 1.807) is 13.0 Å². The highest BCUT2D eigenvalue weighted by atomic mass is 32.2. The van der Waals surface area contributed by atoms with Crippen LogP contribution in [0.2, 0.25) is 0 Å². The van der Waals surface area contributed by atoms with E-state index in [1.807, 2.05) is 4.72 Å². The smallest absolute Gasteiger partial charge is 0.326 e. The van der Waals surface area contributed by atoms with Gasteiger partial charge in [0.25, 0.3) is 5.69 Å². The molecule has 0 aliphatic carbocycles. The lowest BCUT2D eigenvalue weighted by molar-refractivity contribution is -0.385. The molecule has 1 aromatic carbocycles. The molecule has 1 aliphatic heterocycles. The number of nitrogens with one attached hydrogen (secondary N) is 1. The van der Waals surface area contributed by atoms with Gasteiger partial charge in [-0.25, -0.2) is 4.72 Å². The molecule has 1 heterocycles. The van der Waals surface area contributed by atoms with E-state index in [0.29, 0.717) is 11.1 Å². The second-order valence-corrected chi connectivity index (χ2v) is 5.61. The molecule has 0 amide bonds. The van der Waals surface area contributed by atoms with Crippen LogP contribution in [0.3, 0.4) is 0 Å². The molecule has 0 bridgehead atoms. The number of aliphatic hydroxyl groups is 1. The van der Waals surface area contributed by atoms with Crippen LogP contribution in [-0.2, 0) is 16.8 Å². The van der Waals surface area contributed by atoms with Gasteiger partial charge in [0.1, 0.15) is 0 Å². The average Bonchev–Trinajstić information content (AvgIpc) is 2.54. The van der Waals surface area contributed by atoms with E-state index < -0.39 is 21.0 Å². The van der Waals surface area contributed by atoms with Gasteiger partial charge in [0.15, 0.2) is 0 Å². The van der Waals surface area contributed by atoms with E-state index in [2.05, 4.69) is 0 Å². The highest BCUT2D eigenvalue weighted by molar-refractivity contribution is 7.87. The van der Waals surface area contributed by atoms with Gasteiger partial charge in [-0.2, -0.15) is 8.42 Å². The minimum atomic E-state index is -3.81. The first-order valence-corrected chi connectivity index (χ1v) is 6.68. The molecular weight excluding hydrogens is 274 g/mol. The molecular formula is C10H11N3O5S. The van der Waals surface area contributed by atoms with Crippen molar-refractivity contribution in [1.82, 2.24) is 9.03 Å². The van der Waals surface area contributed by atoms with Gasteiger partial charge in [-0.05, 0) is 12.5 Å². The van der Waals surface area contributed by atoms with Crippen molar-refractivity contribution in [2.75, 3.05) is 0 Å². The maximum absolute atomic E-state index is 11.6. The van der Waals surface area contributed by atoms with E-state index in [-0.39, 0.29) is 12.2 Å². The highest BCUT2D eigenvalue weighted by Crippen LogP contribution is 2.24. The zero-order valence-corrected chi connectivity index (χ0v) is 10.7. The van der Waals surface area contributed by atoms with Gasteiger partial charge in [0, 0.05) is 11.6 Å². The van der Waals surface area contributed by atoms with Crippen molar-refractivity contribution in [3.63, 3.8) is 0 Å². The van der Waals surface area contributed by atoms with Crippen molar-refractivity contribution in [2.24, 2.45) is 0 Å². The van der Waals surface area contributed by atoms with Crippen LogP contribution < -0.4 is 4.72 Å². The molecule has 102 valence electrons. The van der Waals surface area contributed by atoms with Crippen LogP contribution in [0.5, 0.6) is 0 Å². The summed E-state index contributed by atoms with van der Waals surface area (Å²) in [5, 5.41) is 19.9. The normalized spacial score (nSPS) is 16.9. The van der Waals surface area contributed by atoms with Gasteiger partial charge >= 0.3 is 10.2 Å². The summed E-state index contributed by atoms with van der Waals surface area (Å²) < 4.78 is 25.9. The molecule has 0 saturated heterocycles. The summed E-state index contributed by atoms with van der Waals surface area (Å²) in [6.45, 7) is 1.46. The summed E-state index contributed by atoms with van der Waals surface area (Å²) >= 11 is 0. The van der Waals surface area contributed by atoms with Crippen molar-refractivity contribution < 1.29 is 18.4 Å². The van der Waals surface area contributed by atoms with Crippen LogP contribution in [0.4, 0.5) is 5.69 Å². The molecule has 0 spiro atoms. The minimum Gasteiger partial charge on any atom is -0.493 e. The molecule has 0 aromatic heterocycles. The van der Waals surface area contributed by atoms with Crippen LogP contribution in [0.1, 0.15) is 11.1 Å². The largest absolute Gasteiger partial charge is 0.493 e. The van der Waals surface area contributed by atoms with Gasteiger partial charge < -0.3 is 5.11 Å². The SMILES string of the molecule is Cc1c(CN2C=C(O)NS2(=O)=O)cccc1[N+](=O)[O-]. The molecule has 0 radical (unpaired) electrons. The third-order valence-corrected chi connectivity index (χ3v) is 4.07. The number of nitro groups is 1. The predicted octanol–water partition coefficient (Wildman–Crippen LogP) is 0.910. The number of hydrogen-bond donors (Lipinski definition) is 2. The fourth-order valence-electron chi connectivity index (χ4n) is 1.76. The summed E-state index contributed by atoms with van der Waals surface area (Å²) in [5.74, 6) is -0.483. The van der Waals surface area contributed by atoms with Crippen molar-refractivity contribution in [3.05, 3.63) is 51.5 Å². The summed E-state index contributed by atoms with van der Waals surface area (Å²) in [6, 6.07) is 4.43. The summed E-state index contributed by atoms with van der Waals surface area (Å²) in [6.07, 6.45) is 1.02. The predicted molar refractivity (Wildman–Crippen MR) is 66.1 cm³/mol. The lowest BCUT2D eigenvalue weighted by atomic mass is 10.1. The van der Waals surface area contributed by atoms with E-state index in [4.69, 9.17) is 5.11 Å². The number of benzene rings is 1. The van der Waals surface area contributed by atoms with Crippen LogP contribution >= 0.6 is 0 Å². The first-order chi connectivity index (χ1) is 8.81. The molecule has 2 rings (SSSR count). The first-order valence-electron chi connectivity index (χ1n) is 5.24. The standard InChI is InChI=1S/C10H11N3O5S/c1-7-8(3-2-4-9(7)13(15)16)5-12-6-10(14)11-19(12,17)18/h2-4,6,11,14H,5H2,1H3. The fourth-order valence-corrected chi connectivity index (χ4v) is 2.74. The van der Waals surface area contributed by atoms with Gasteiger partial charge in [0.2, 0.25) is 5.88 Å². The Labute approximate surface area is 109 Å². The molecule has 0 atom stereocenters. The minimum absolute atomic E-state index is 0.0738. The maximum Gasteiger partial charge on any atom is 0.326 e. The number of nitro benzene ring substituents is 1. The van der Waals surface area contributed by atoms with Gasteiger partial charge in [-0.15, -0.1) is 0 Å². The van der Waals surface area contributed by atoms with E-state index >= 15 is 0 Å². The van der Waals surface area contributed by atoms with Crippen molar-refractivity contribution >= 4 is 15.9 Å². The molecule has 1 aliphatic rings. The molecule has 0 fully saturated rings. The fraction of sp³-hybridized carbons (Fsp3) is 0.200.